The Kier molecular flexibility index (Phi) is 4.66. The van der Waals surface area contributed by atoms with Gasteiger partial charge >= 0.3 is 5.97 Å². The molecule has 0 spiro atoms. The van der Waals surface area contributed by atoms with Crippen LogP contribution in [0.2, 0.25) is 0 Å². The molecule has 0 aromatic heterocycles. The molecular weight excluding hydrogens is 270 g/mol. The number of hydrogen-bond donors (Lipinski definition) is 2. The van der Waals surface area contributed by atoms with Crippen LogP contribution < -0.4 is 10.1 Å². The Hall–Kier alpha value is -2.69. The van der Waals surface area contributed by atoms with Gasteiger partial charge in [0.15, 0.2) is 6.04 Å². The van der Waals surface area contributed by atoms with Crippen molar-refractivity contribution in [2.24, 2.45) is 0 Å². The lowest BCUT2D eigenvalue weighted by atomic mass is 10.1. The fourth-order valence-electron chi connectivity index (χ4n) is 1.97. The summed E-state index contributed by atoms with van der Waals surface area (Å²) in [5.74, 6) is 0.277. The zero-order valence-electron chi connectivity index (χ0n) is 11.9. The van der Waals surface area contributed by atoms with Gasteiger partial charge < -0.3 is 19.9 Å². The molecule has 0 amide bonds. The SMILES string of the molecule is COC(=O)C(Nc1ccc(OC)cc1)c1ccccc1O. The molecule has 110 valence electrons. The molecule has 2 aromatic rings. The summed E-state index contributed by atoms with van der Waals surface area (Å²) < 4.78 is 9.89. The summed E-state index contributed by atoms with van der Waals surface area (Å²) in [6.45, 7) is 0. The van der Waals surface area contributed by atoms with Crippen molar-refractivity contribution in [3.8, 4) is 11.5 Å². The Morgan fingerprint density at radius 2 is 1.76 bits per heavy atom. The Morgan fingerprint density at radius 3 is 2.33 bits per heavy atom. The number of carbonyl (C=O) groups excluding carboxylic acids is 1. The number of ether oxygens (including phenoxy) is 2. The monoisotopic (exact) mass is 287 g/mol. The summed E-state index contributed by atoms with van der Waals surface area (Å²) in [7, 11) is 2.90. The first-order valence-corrected chi connectivity index (χ1v) is 6.42. The third-order valence-corrected chi connectivity index (χ3v) is 3.09. The van der Waals surface area contributed by atoms with E-state index >= 15 is 0 Å². The van der Waals surface area contributed by atoms with Gasteiger partial charge in [0.1, 0.15) is 11.5 Å². The van der Waals surface area contributed by atoms with E-state index in [1.165, 1.54) is 13.2 Å². The van der Waals surface area contributed by atoms with Crippen molar-refractivity contribution in [1.82, 2.24) is 0 Å². The molecule has 5 heteroatoms. The molecule has 0 aliphatic rings. The molecule has 0 aliphatic heterocycles. The summed E-state index contributed by atoms with van der Waals surface area (Å²) in [5, 5.41) is 13.0. The predicted octanol–water partition coefficient (Wildman–Crippen LogP) is 2.73. The number of rotatable bonds is 5. The number of esters is 1. The van der Waals surface area contributed by atoms with Crippen LogP contribution >= 0.6 is 0 Å². The molecule has 1 atom stereocenters. The van der Waals surface area contributed by atoms with Crippen molar-refractivity contribution in [1.29, 1.82) is 0 Å². The van der Waals surface area contributed by atoms with E-state index in [1.54, 1.807) is 49.6 Å². The minimum Gasteiger partial charge on any atom is -0.508 e. The molecule has 21 heavy (non-hydrogen) atoms. The van der Waals surface area contributed by atoms with Crippen molar-refractivity contribution in [2.45, 2.75) is 6.04 Å². The number of phenolic OH excluding ortho intramolecular Hbond substituents is 1. The molecule has 0 fully saturated rings. The smallest absolute Gasteiger partial charge is 0.333 e. The predicted molar refractivity (Wildman–Crippen MR) is 79.5 cm³/mol. The Balaban J connectivity index is 2.28. The van der Waals surface area contributed by atoms with Crippen molar-refractivity contribution in [2.75, 3.05) is 19.5 Å². The minimum atomic E-state index is -0.787. The average molecular weight is 287 g/mol. The summed E-state index contributed by atoms with van der Waals surface area (Å²) in [6.07, 6.45) is 0. The first kappa shape index (κ1) is 14.7. The van der Waals surface area contributed by atoms with Gasteiger partial charge in [-0.25, -0.2) is 4.79 Å². The quantitative estimate of drug-likeness (QED) is 0.828. The summed E-state index contributed by atoms with van der Waals surface area (Å²) >= 11 is 0. The highest BCUT2D eigenvalue weighted by Crippen LogP contribution is 2.28. The molecule has 0 heterocycles. The average Bonchev–Trinajstić information content (AvgIpc) is 2.53. The molecule has 5 nitrogen and oxygen atoms in total. The summed E-state index contributed by atoms with van der Waals surface area (Å²) in [4.78, 5) is 12.0. The van der Waals surface area contributed by atoms with Crippen LogP contribution in [0, 0.1) is 0 Å². The van der Waals surface area contributed by atoms with Crippen molar-refractivity contribution in [3.05, 3.63) is 54.1 Å². The van der Waals surface area contributed by atoms with Gasteiger partial charge in [-0.05, 0) is 30.3 Å². The third kappa shape index (κ3) is 3.45. The fraction of sp³-hybridized carbons (Fsp3) is 0.188. The first-order chi connectivity index (χ1) is 10.2. The van der Waals surface area contributed by atoms with Gasteiger partial charge in [-0.15, -0.1) is 0 Å². The van der Waals surface area contributed by atoms with E-state index in [0.717, 1.165) is 11.4 Å². The van der Waals surface area contributed by atoms with Gasteiger partial charge in [-0.3, -0.25) is 0 Å². The van der Waals surface area contributed by atoms with E-state index in [0.29, 0.717) is 5.56 Å². The first-order valence-electron chi connectivity index (χ1n) is 6.42. The van der Waals surface area contributed by atoms with E-state index in [9.17, 15) is 9.90 Å². The molecule has 0 saturated carbocycles. The zero-order chi connectivity index (χ0) is 15.2. The van der Waals surface area contributed by atoms with Crippen LogP contribution in [0.3, 0.4) is 0 Å². The maximum Gasteiger partial charge on any atom is 0.333 e. The molecule has 2 rings (SSSR count). The largest absolute Gasteiger partial charge is 0.508 e. The number of aromatic hydroxyl groups is 1. The summed E-state index contributed by atoms with van der Waals surface area (Å²) in [5.41, 5.74) is 1.18. The van der Waals surface area contributed by atoms with E-state index in [-0.39, 0.29) is 5.75 Å². The van der Waals surface area contributed by atoms with Gasteiger partial charge in [0.2, 0.25) is 0 Å². The van der Waals surface area contributed by atoms with E-state index in [4.69, 9.17) is 9.47 Å². The van der Waals surface area contributed by atoms with Gasteiger partial charge in [0.05, 0.1) is 14.2 Å². The van der Waals surface area contributed by atoms with Crippen LogP contribution in [0.25, 0.3) is 0 Å². The lowest BCUT2D eigenvalue weighted by Gasteiger charge is -2.19. The zero-order valence-corrected chi connectivity index (χ0v) is 11.9. The molecule has 0 radical (unpaired) electrons. The highest BCUT2D eigenvalue weighted by Gasteiger charge is 2.23. The highest BCUT2D eigenvalue weighted by molar-refractivity contribution is 5.82. The normalized spacial score (nSPS) is 11.5. The van der Waals surface area contributed by atoms with E-state index in [2.05, 4.69) is 5.32 Å². The van der Waals surface area contributed by atoms with Crippen molar-refractivity contribution >= 4 is 11.7 Å². The number of carbonyl (C=O) groups is 1. The second-order valence-corrected chi connectivity index (χ2v) is 4.39. The Bertz CT molecular complexity index is 610. The number of nitrogens with one attached hydrogen (secondary N) is 1. The van der Waals surface area contributed by atoms with Crippen LogP contribution in [0.4, 0.5) is 5.69 Å². The van der Waals surface area contributed by atoms with Gasteiger partial charge in [0, 0.05) is 11.3 Å². The fourth-order valence-corrected chi connectivity index (χ4v) is 1.97. The summed E-state index contributed by atoms with van der Waals surface area (Å²) in [6, 6.07) is 13.0. The van der Waals surface area contributed by atoms with Crippen molar-refractivity contribution < 1.29 is 19.4 Å². The number of hydrogen-bond acceptors (Lipinski definition) is 5. The topological polar surface area (TPSA) is 67.8 Å². The molecule has 1 unspecified atom stereocenters. The number of anilines is 1. The van der Waals surface area contributed by atoms with E-state index < -0.39 is 12.0 Å². The van der Waals surface area contributed by atoms with Crippen LogP contribution in [0.15, 0.2) is 48.5 Å². The van der Waals surface area contributed by atoms with Crippen LogP contribution in [-0.2, 0) is 9.53 Å². The second kappa shape index (κ2) is 6.65. The molecule has 0 aliphatic carbocycles. The lowest BCUT2D eigenvalue weighted by molar-refractivity contribution is -0.141. The van der Waals surface area contributed by atoms with Gasteiger partial charge in [0.25, 0.3) is 0 Å². The molecular formula is C16H17NO4. The highest BCUT2D eigenvalue weighted by atomic mass is 16.5. The maximum absolute atomic E-state index is 12.0. The standard InChI is InChI=1S/C16H17NO4/c1-20-12-9-7-11(8-10-12)17-15(16(19)21-2)13-5-3-4-6-14(13)18/h3-10,15,17-18H,1-2H3. The Labute approximate surface area is 123 Å². The van der Waals surface area contributed by atoms with E-state index in [1.807, 2.05) is 0 Å². The Morgan fingerprint density at radius 1 is 1.10 bits per heavy atom. The molecule has 0 saturated heterocycles. The number of methoxy groups -OCH3 is 2. The lowest BCUT2D eigenvalue weighted by Crippen LogP contribution is -2.22. The van der Waals surface area contributed by atoms with Gasteiger partial charge in [-0.1, -0.05) is 18.2 Å². The maximum atomic E-state index is 12.0. The molecule has 2 aromatic carbocycles. The van der Waals surface area contributed by atoms with Crippen LogP contribution in [-0.4, -0.2) is 25.3 Å². The third-order valence-electron chi connectivity index (χ3n) is 3.09. The van der Waals surface area contributed by atoms with Gasteiger partial charge in [-0.2, -0.15) is 0 Å². The van der Waals surface area contributed by atoms with Crippen LogP contribution in [0.5, 0.6) is 11.5 Å². The number of phenols is 1. The molecule has 0 bridgehead atoms. The molecule has 2 N–H and O–H groups in total. The number of benzene rings is 2. The van der Waals surface area contributed by atoms with Crippen molar-refractivity contribution in [3.63, 3.8) is 0 Å². The minimum absolute atomic E-state index is 0.0360. The van der Waals surface area contributed by atoms with Crippen LogP contribution in [0.1, 0.15) is 11.6 Å². The number of para-hydroxylation sites is 1. The second-order valence-electron chi connectivity index (χ2n) is 4.39.